The van der Waals surface area contributed by atoms with Crippen molar-refractivity contribution in [3.8, 4) is 16.9 Å². The predicted molar refractivity (Wildman–Crippen MR) is 122 cm³/mol. The number of hydrogen-bond donors (Lipinski definition) is 2. The molecule has 7 nitrogen and oxygen atoms in total. The lowest BCUT2D eigenvalue weighted by Gasteiger charge is -2.32. The van der Waals surface area contributed by atoms with E-state index in [0.717, 1.165) is 22.1 Å². The third-order valence-electron chi connectivity index (χ3n) is 6.05. The van der Waals surface area contributed by atoms with Crippen LogP contribution in [0.1, 0.15) is 25.3 Å². The van der Waals surface area contributed by atoms with Crippen molar-refractivity contribution in [3.05, 3.63) is 64.6 Å². The number of aromatic amines is 1. The zero-order chi connectivity index (χ0) is 22.8. The van der Waals surface area contributed by atoms with Gasteiger partial charge < -0.3 is 19.7 Å². The van der Waals surface area contributed by atoms with E-state index in [0.29, 0.717) is 30.5 Å². The second-order valence-corrected chi connectivity index (χ2v) is 8.28. The summed E-state index contributed by atoms with van der Waals surface area (Å²) >= 11 is 0. The van der Waals surface area contributed by atoms with E-state index in [2.05, 4.69) is 4.98 Å². The molecule has 1 saturated heterocycles. The number of carbonyl (C=O) groups is 2. The molecule has 2 atom stereocenters. The molecule has 2 heterocycles. The first-order valence-corrected chi connectivity index (χ1v) is 10.7. The van der Waals surface area contributed by atoms with Gasteiger partial charge in [0.1, 0.15) is 5.75 Å². The maximum atomic E-state index is 12.8. The van der Waals surface area contributed by atoms with Crippen molar-refractivity contribution in [1.29, 1.82) is 0 Å². The summed E-state index contributed by atoms with van der Waals surface area (Å²) < 4.78 is 5.87. The number of rotatable bonds is 5. The average Bonchev–Trinajstić information content (AvgIpc) is 2.80. The Labute approximate surface area is 185 Å². The van der Waals surface area contributed by atoms with Gasteiger partial charge in [-0.1, -0.05) is 24.3 Å². The van der Waals surface area contributed by atoms with Crippen molar-refractivity contribution in [3.63, 3.8) is 0 Å². The molecule has 0 saturated carbocycles. The molecule has 166 valence electrons. The highest BCUT2D eigenvalue weighted by Crippen LogP contribution is 2.31. The maximum absolute atomic E-state index is 12.8. The van der Waals surface area contributed by atoms with E-state index in [1.165, 1.54) is 0 Å². The van der Waals surface area contributed by atoms with Gasteiger partial charge in [-0.3, -0.25) is 14.4 Å². The third-order valence-corrected chi connectivity index (χ3v) is 6.05. The van der Waals surface area contributed by atoms with Gasteiger partial charge in [0.2, 0.25) is 0 Å². The van der Waals surface area contributed by atoms with Crippen LogP contribution in [0.4, 0.5) is 0 Å². The molecule has 0 bridgehead atoms. The Morgan fingerprint density at radius 1 is 1.16 bits per heavy atom. The molecule has 0 unspecified atom stereocenters. The fourth-order valence-electron chi connectivity index (χ4n) is 4.30. The number of likely N-dealkylation sites (tertiary alicyclic amines) is 1. The number of nitrogens with zero attached hydrogens (tertiary/aromatic N) is 1. The van der Waals surface area contributed by atoms with Crippen LogP contribution in [0.2, 0.25) is 0 Å². The molecule has 0 spiro atoms. The first kappa shape index (κ1) is 21.6. The zero-order valence-corrected chi connectivity index (χ0v) is 18.1. The summed E-state index contributed by atoms with van der Waals surface area (Å²) in [6.07, 6.45) is 2.15. The van der Waals surface area contributed by atoms with Crippen molar-refractivity contribution in [1.82, 2.24) is 9.88 Å². The van der Waals surface area contributed by atoms with Crippen molar-refractivity contribution >= 4 is 22.6 Å². The summed E-state index contributed by atoms with van der Waals surface area (Å²) in [5.74, 6) is -1.26. The molecule has 1 fully saturated rings. The molecule has 1 aliphatic heterocycles. The number of piperidine rings is 1. The fraction of sp³-hybridized carbons (Fsp3) is 0.320. The van der Waals surface area contributed by atoms with Crippen LogP contribution in [0.15, 0.2) is 53.5 Å². The highest BCUT2D eigenvalue weighted by atomic mass is 16.5. The summed E-state index contributed by atoms with van der Waals surface area (Å²) in [7, 11) is 0. The monoisotopic (exact) mass is 434 g/mol. The Kier molecular flexibility index (Phi) is 5.99. The SMILES string of the molecule is Cc1ccccc1-c1c[nH]c(=O)c2cc(O[C@H](C)C(=O)N3CCC[C@H](C(=O)O)C3)ccc12. The number of fused-ring (bicyclic) bond motifs is 1. The molecule has 0 aliphatic carbocycles. The minimum Gasteiger partial charge on any atom is -0.481 e. The van der Waals surface area contributed by atoms with E-state index < -0.39 is 18.0 Å². The standard InChI is InChI=1S/C25H26N2O5/c1-15-6-3-4-8-19(15)22-13-26-23(28)21-12-18(9-10-20(21)22)32-16(2)24(29)27-11-5-7-17(14-27)25(30)31/h3-4,6,8-10,12-13,16-17H,5,7,11,14H2,1-2H3,(H,26,28)(H,30,31)/t16-,17+/m1/s1. The molecule has 1 amide bonds. The maximum Gasteiger partial charge on any atom is 0.308 e. The van der Waals surface area contributed by atoms with Crippen LogP contribution < -0.4 is 10.3 Å². The molecule has 1 aliphatic rings. The molecular weight excluding hydrogens is 408 g/mol. The predicted octanol–water partition coefficient (Wildman–Crippen LogP) is 3.59. The summed E-state index contributed by atoms with van der Waals surface area (Å²) in [4.78, 5) is 41.0. The molecule has 1 aromatic heterocycles. The van der Waals surface area contributed by atoms with E-state index in [1.54, 1.807) is 30.2 Å². The summed E-state index contributed by atoms with van der Waals surface area (Å²) in [6, 6.07) is 13.2. The Hall–Kier alpha value is -3.61. The van der Waals surface area contributed by atoms with Crippen molar-refractivity contribution in [2.24, 2.45) is 5.92 Å². The lowest BCUT2D eigenvalue weighted by Crippen LogP contribution is -2.47. The van der Waals surface area contributed by atoms with Gasteiger partial charge in [0.25, 0.3) is 11.5 Å². The average molecular weight is 434 g/mol. The Morgan fingerprint density at radius 3 is 2.69 bits per heavy atom. The number of carbonyl (C=O) groups excluding carboxylic acids is 1. The molecule has 0 radical (unpaired) electrons. The second kappa shape index (κ2) is 8.86. The third kappa shape index (κ3) is 4.23. The first-order valence-electron chi connectivity index (χ1n) is 10.7. The van der Waals surface area contributed by atoms with Crippen molar-refractivity contribution in [2.45, 2.75) is 32.8 Å². The Bertz CT molecular complexity index is 1230. The van der Waals surface area contributed by atoms with Crippen molar-refractivity contribution in [2.75, 3.05) is 13.1 Å². The molecule has 2 N–H and O–H groups in total. The highest BCUT2D eigenvalue weighted by molar-refractivity contribution is 5.97. The van der Waals surface area contributed by atoms with Gasteiger partial charge in [-0.2, -0.15) is 0 Å². The van der Waals surface area contributed by atoms with Crippen LogP contribution in [0, 0.1) is 12.8 Å². The van der Waals surface area contributed by atoms with Gasteiger partial charge in [-0.05, 0) is 61.4 Å². The summed E-state index contributed by atoms with van der Waals surface area (Å²) in [5, 5.41) is 10.5. The number of nitrogens with one attached hydrogen (secondary N) is 1. The number of carboxylic acids is 1. The van der Waals surface area contributed by atoms with Crippen LogP contribution in [0.5, 0.6) is 5.75 Å². The number of H-pyrrole nitrogens is 1. The number of aryl methyl sites for hydroxylation is 1. The van der Waals surface area contributed by atoms with E-state index in [1.807, 2.05) is 37.3 Å². The van der Waals surface area contributed by atoms with Gasteiger partial charge in [-0.15, -0.1) is 0 Å². The molecule has 32 heavy (non-hydrogen) atoms. The lowest BCUT2D eigenvalue weighted by molar-refractivity contribution is -0.147. The minimum absolute atomic E-state index is 0.193. The smallest absolute Gasteiger partial charge is 0.308 e. The fourth-order valence-corrected chi connectivity index (χ4v) is 4.30. The van der Waals surface area contributed by atoms with Gasteiger partial charge in [0.15, 0.2) is 6.10 Å². The minimum atomic E-state index is -0.880. The highest BCUT2D eigenvalue weighted by Gasteiger charge is 2.31. The van der Waals surface area contributed by atoms with Crippen LogP contribution in [-0.4, -0.2) is 46.1 Å². The zero-order valence-electron chi connectivity index (χ0n) is 18.1. The number of aliphatic carboxylic acids is 1. The topological polar surface area (TPSA) is 99.7 Å². The largest absolute Gasteiger partial charge is 0.481 e. The summed E-state index contributed by atoms with van der Waals surface area (Å²) in [5.41, 5.74) is 2.81. The molecule has 7 heteroatoms. The number of hydrogen-bond acceptors (Lipinski definition) is 4. The van der Waals surface area contributed by atoms with E-state index in [9.17, 15) is 19.5 Å². The van der Waals surface area contributed by atoms with Crippen LogP contribution in [0.3, 0.4) is 0 Å². The van der Waals surface area contributed by atoms with Gasteiger partial charge in [-0.25, -0.2) is 0 Å². The second-order valence-electron chi connectivity index (χ2n) is 8.28. The van der Waals surface area contributed by atoms with Crippen molar-refractivity contribution < 1.29 is 19.4 Å². The first-order chi connectivity index (χ1) is 15.3. The lowest BCUT2D eigenvalue weighted by atomic mass is 9.97. The quantitative estimate of drug-likeness (QED) is 0.639. The van der Waals surface area contributed by atoms with Crippen LogP contribution in [-0.2, 0) is 9.59 Å². The molecule has 2 aromatic carbocycles. The van der Waals surface area contributed by atoms with E-state index in [4.69, 9.17) is 4.74 Å². The Balaban J connectivity index is 1.58. The number of pyridine rings is 1. The normalized spacial score (nSPS) is 17.2. The van der Waals surface area contributed by atoms with Crippen LogP contribution >= 0.6 is 0 Å². The van der Waals surface area contributed by atoms with E-state index >= 15 is 0 Å². The van der Waals surface area contributed by atoms with Gasteiger partial charge in [0, 0.05) is 24.8 Å². The Morgan fingerprint density at radius 2 is 1.94 bits per heavy atom. The van der Waals surface area contributed by atoms with Gasteiger partial charge >= 0.3 is 5.97 Å². The molecular formula is C25H26N2O5. The van der Waals surface area contributed by atoms with E-state index in [-0.39, 0.29) is 18.0 Å². The molecule has 3 aromatic rings. The van der Waals surface area contributed by atoms with Crippen LogP contribution in [0.25, 0.3) is 21.9 Å². The molecule has 4 rings (SSSR count). The number of aromatic nitrogens is 1. The number of ether oxygens (including phenoxy) is 1. The summed E-state index contributed by atoms with van der Waals surface area (Å²) in [6.45, 7) is 4.38. The van der Waals surface area contributed by atoms with Gasteiger partial charge in [0.05, 0.1) is 11.3 Å². The number of benzene rings is 2. The number of carboxylic acid groups (broad SMARTS) is 1. The number of amides is 1.